The van der Waals surface area contributed by atoms with E-state index in [1.165, 1.54) is 32.1 Å². The molecule has 10 aromatic rings. The fourth-order valence-electron chi connectivity index (χ4n) is 10.1. The van der Waals surface area contributed by atoms with Crippen molar-refractivity contribution in [2.75, 3.05) is 0 Å². The second kappa shape index (κ2) is 20.3. The Bertz CT molecular complexity index is 3970. The summed E-state index contributed by atoms with van der Waals surface area (Å²) in [7, 11) is 0. The van der Waals surface area contributed by atoms with E-state index in [2.05, 4.69) is 199 Å². The molecule has 3 aromatic heterocycles. The lowest BCUT2D eigenvalue weighted by Gasteiger charge is -2.16. The van der Waals surface area contributed by atoms with Gasteiger partial charge in [-0.1, -0.05) is 159 Å². The van der Waals surface area contributed by atoms with Crippen LogP contribution in [0.4, 0.5) is 0 Å². The third-order valence-electron chi connectivity index (χ3n) is 13.1. The standard InChI is InChI=1S/C66H57N5/c1-6-11-12-13-23-39-68-60(45-59(67)46-27-15-14-16-28-46)49-40-51(44-52(41-49)71-62-32-20-17-29-54(62)55-30-18-21-33-63(55)71)70-61(10-5)53(26-9-4)57-42-47(36-38-66(57)70)48-35-37-65-58(43-48)56-31-19-22-34-64(56)69(65)50(24-7-2)25-8-3/h6-8,10-45H,2,9,67H2,1,3-5H3/b11-6+,13-12-,25-8-,39-23-,50-24+,53-26-,59-45-,61-10+,68-60+. The summed E-state index contributed by atoms with van der Waals surface area (Å²) in [4.78, 5) is 5.15. The fraction of sp³-hybridized carbons (Fsp3) is 0.0758. The Morgan fingerprint density at radius 2 is 1.14 bits per heavy atom. The molecule has 0 aliphatic heterocycles. The molecule has 2 N–H and O–H groups in total. The molecule has 3 heterocycles. The Morgan fingerprint density at radius 3 is 1.79 bits per heavy atom. The van der Waals surface area contributed by atoms with Crippen LogP contribution in [0.25, 0.3) is 101 Å². The van der Waals surface area contributed by atoms with E-state index in [0.717, 1.165) is 84.4 Å². The smallest absolute Gasteiger partial charge is 0.0724 e. The minimum Gasteiger partial charge on any atom is -0.398 e. The van der Waals surface area contributed by atoms with Crippen molar-refractivity contribution in [1.29, 1.82) is 0 Å². The monoisotopic (exact) mass is 919 g/mol. The number of benzene rings is 7. The number of fused-ring (bicyclic) bond motifs is 7. The van der Waals surface area contributed by atoms with Crippen LogP contribution in [0.5, 0.6) is 0 Å². The number of hydrogen-bond donors (Lipinski definition) is 1. The van der Waals surface area contributed by atoms with Crippen LogP contribution in [0.3, 0.4) is 0 Å². The predicted octanol–water partition coefficient (Wildman–Crippen LogP) is 15.5. The number of nitrogens with two attached hydrogens (primary N) is 1. The average molecular weight is 920 g/mol. The number of hydrogen-bond acceptors (Lipinski definition) is 2. The fourth-order valence-corrected chi connectivity index (χ4v) is 10.1. The molecule has 0 saturated carbocycles. The van der Waals surface area contributed by atoms with Gasteiger partial charge in [-0.25, -0.2) is 0 Å². The molecule has 0 fully saturated rings. The molecule has 71 heavy (non-hydrogen) atoms. The average Bonchev–Trinajstić information content (AvgIpc) is 4.04. The van der Waals surface area contributed by atoms with Gasteiger partial charge in [-0.3, -0.25) is 4.99 Å². The minimum atomic E-state index is 0.626. The van der Waals surface area contributed by atoms with Gasteiger partial charge >= 0.3 is 0 Å². The van der Waals surface area contributed by atoms with Gasteiger partial charge in [0.1, 0.15) is 0 Å². The summed E-state index contributed by atoms with van der Waals surface area (Å²) >= 11 is 0. The van der Waals surface area contributed by atoms with Gasteiger partial charge in [0.05, 0.1) is 33.3 Å². The van der Waals surface area contributed by atoms with Crippen LogP contribution in [-0.4, -0.2) is 19.4 Å². The number of aliphatic imine (C=N–C) groups is 1. The molecule has 0 amide bonds. The van der Waals surface area contributed by atoms with Gasteiger partial charge in [0.25, 0.3) is 0 Å². The van der Waals surface area contributed by atoms with E-state index >= 15 is 0 Å². The van der Waals surface area contributed by atoms with E-state index < -0.39 is 0 Å². The second-order valence-corrected chi connectivity index (χ2v) is 17.5. The Hall–Kier alpha value is -8.93. The van der Waals surface area contributed by atoms with Crippen LogP contribution in [0, 0.1) is 0 Å². The third kappa shape index (κ3) is 8.64. The molecule has 7 aromatic carbocycles. The van der Waals surface area contributed by atoms with Crippen LogP contribution in [0.1, 0.15) is 45.2 Å². The van der Waals surface area contributed by atoms with Crippen LogP contribution in [-0.2, 0) is 0 Å². The van der Waals surface area contributed by atoms with Gasteiger partial charge < -0.3 is 19.4 Å². The Morgan fingerprint density at radius 1 is 0.563 bits per heavy atom. The summed E-state index contributed by atoms with van der Waals surface area (Å²) < 4.78 is 7.14. The quantitative estimate of drug-likeness (QED) is 0.0909. The number of nitrogens with zero attached hydrogens (tertiary/aromatic N) is 4. The Labute approximate surface area is 415 Å². The zero-order valence-electron chi connectivity index (χ0n) is 40.8. The first-order valence-corrected chi connectivity index (χ1v) is 24.5. The maximum atomic E-state index is 6.95. The molecular weight excluding hydrogens is 863 g/mol. The lowest BCUT2D eigenvalue weighted by Crippen LogP contribution is -2.28. The van der Waals surface area contributed by atoms with E-state index in [1.807, 2.05) is 86.0 Å². The second-order valence-electron chi connectivity index (χ2n) is 17.5. The van der Waals surface area contributed by atoms with Gasteiger partial charge in [0, 0.05) is 72.0 Å². The van der Waals surface area contributed by atoms with Crippen molar-refractivity contribution in [3.63, 3.8) is 0 Å². The van der Waals surface area contributed by atoms with E-state index in [1.54, 1.807) is 0 Å². The van der Waals surface area contributed by atoms with Crippen molar-refractivity contribution in [2.24, 2.45) is 10.7 Å². The van der Waals surface area contributed by atoms with Gasteiger partial charge in [0.15, 0.2) is 0 Å². The van der Waals surface area contributed by atoms with Crippen molar-refractivity contribution < 1.29 is 0 Å². The summed E-state index contributed by atoms with van der Waals surface area (Å²) in [5.41, 5.74) is 21.3. The van der Waals surface area contributed by atoms with Crippen molar-refractivity contribution in [3.8, 4) is 22.5 Å². The molecule has 0 atom stereocenters. The van der Waals surface area contributed by atoms with E-state index in [4.69, 9.17) is 10.7 Å². The molecule has 0 radical (unpaired) electrons. The molecule has 0 bridgehead atoms. The van der Waals surface area contributed by atoms with Crippen LogP contribution in [0.15, 0.2) is 236 Å². The number of aromatic nitrogens is 3. The summed E-state index contributed by atoms with van der Waals surface area (Å²) in [6, 6.07) is 56.7. The highest BCUT2D eigenvalue weighted by molar-refractivity contribution is 6.14. The Balaban J connectivity index is 1.22. The van der Waals surface area contributed by atoms with Crippen molar-refractivity contribution in [1.82, 2.24) is 13.7 Å². The highest BCUT2D eigenvalue weighted by Gasteiger charge is 2.19. The van der Waals surface area contributed by atoms with E-state index in [9.17, 15) is 0 Å². The van der Waals surface area contributed by atoms with Crippen molar-refractivity contribution in [3.05, 3.63) is 253 Å². The zero-order chi connectivity index (χ0) is 48.8. The first-order chi connectivity index (χ1) is 35.0. The molecule has 0 aliphatic rings. The number of para-hydroxylation sites is 3. The normalized spacial score (nSPS) is 13.7. The highest BCUT2D eigenvalue weighted by Crippen LogP contribution is 2.37. The first-order valence-electron chi connectivity index (χ1n) is 24.5. The lowest BCUT2D eigenvalue weighted by atomic mass is 10.0. The minimum absolute atomic E-state index is 0.626. The van der Waals surface area contributed by atoms with Gasteiger partial charge in [-0.15, -0.1) is 0 Å². The lowest BCUT2D eigenvalue weighted by molar-refractivity contribution is 1.05. The van der Waals surface area contributed by atoms with Crippen LogP contribution >= 0.6 is 0 Å². The largest absolute Gasteiger partial charge is 0.398 e. The summed E-state index contributed by atoms with van der Waals surface area (Å²) in [6.07, 6.45) is 27.4. The predicted molar refractivity (Wildman–Crippen MR) is 308 cm³/mol. The molecular formula is C66H57N5. The number of rotatable bonds is 13. The number of allylic oxidation sites excluding steroid dienone is 11. The van der Waals surface area contributed by atoms with Crippen molar-refractivity contribution in [2.45, 2.75) is 34.1 Å². The molecule has 0 spiro atoms. The van der Waals surface area contributed by atoms with E-state index in [-0.39, 0.29) is 0 Å². The summed E-state index contributed by atoms with van der Waals surface area (Å²) in [6.45, 7) is 12.4. The van der Waals surface area contributed by atoms with Gasteiger partial charge in [-0.05, 0) is 129 Å². The molecule has 5 heteroatoms. The summed E-state index contributed by atoms with van der Waals surface area (Å²) in [5.74, 6) is 0. The SMILES string of the molecule is C=C/C=C(\C=C/C)n1c2ccccc2c2cc(-c3ccc4c(c3)c(=C/CC)/c(=C\C)n4-c3cc(C(/C=C(\N)c4ccccc4)=N/C=C\C=C/C=C/C)cc(-n4c5ccccc5c5ccccc54)c3)ccc21. The van der Waals surface area contributed by atoms with E-state index in [0.29, 0.717) is 5.70 Å². The maximum absolute atomic E-state index is 6.95. The highest BCUT2D eigenvalue weighted by atomic mass is 15.0. The third-order valence-corrected chi connectivity index (χ3v) is 13.1. The molecule has 0 saturated heterocycles. The molecule has 10 rings (SSSR count). The molecule has 0 aliphatic carbocycles. The van der Waals surface area contributed by atoms with Crippen LogP contribution in [0.2, 0.25) is 0 Å². The van der Waals surface area contributed by atoms with Gasteiger partial charge in [0.2, 0.25) is 0 Å². The zero-order valence-corrected chi connectivity index (χ0v) is 40.8. The summed E-state index contributed by atoms with van der Waals surface area (Å²) in [5, 5.41) is 8.33. The molecule has 346 valence electrons. The molecule has 0 unspecified atom stereocenters. The first kappa shape index (κ1) is 45.8. The topological polar surface area (TPSA) is 53.2 Å². The van der Waals surface area contributed by atoms with Crippen molar-refractivity contribution >= 4 is 83.8 Å². The maximum Gasteiger partial charge on any atom is 0.0724 e. The van der Waals surface area contributed by atoms with Gasteiger partial charge in [-0.2, -0.15) is 0 Å². The molecule has 5 nitrogen and oxygen atoms in total. The Kier molecular flexibility index (Phi) is 13.1. The van der Waals surface area contributed by atoms with Crippen LogP contribution < -0.4 is 16.3 Å².